The second-order valence-corrected chi connectivity index (χ2v) is 6.76. The molecule has 2 N–H and O–H groups in total. The molecule has 0 spiro atoms. The number of hydrogen-bond donors (Lipinski definition) is 1. The molecule has 2 heterocycles. The number of ether oxygens (including phenoxy) is 1. The standard InChI is InChI=1S/C18H27N3O2/c1-20(17(22)18(19)9-12-23-13-10-18)16-8-5-11-21(14-16)15-6-3-2-4-7-15/h2-4,6-7,16H,5,8-14,19H2,1H3. The Morgan fingerprint density at radius 1 is 1.30 bits per heavy atom. The van der Waals surface area contributed by atoms with Crippen LogP contribution in [0.15, 0.2) is 30.3 Å². The zero-order chi connectivity index (χ0) is 16.3. The van der Waals surface area contributed by atoms with Gasteiger partial charge in [0, 0.05) is 45.1 Å². The van der Waals surface area contributed by atoms with Crippen LogP contribution in [0.2, 0.25) is 0 Å². The van der Waals surface area contributed by atoms with Gasteiger partial charge in [0.15, 0.2) is 0 Å². The molecule has 5 heteroatoms. The highest BCUT2D eigenvalue weighted by atomic mass is 16.5. The SMILES string of the molecule is CN(C(=O)C1(N)CCOCC1)C1CCCN(c2ccccc2)C1. The summed E-state index contributed by atoms with van der Waals surface area (Å²) in [5.74, 6) is 0.0701. The van der Waals surface area contributed by atoms with Crippen molar-refractivity contribution in [1.82, 2.24) is 4.90 Å². The Kier molecular flexibility index (Phi) is 4.87. The molecule has 0 bridgehead atoms. The molecule has 3 rings (SSSR count). The first kappa shape index (κ1) is 16.3. The lowest BCUT2D eigenvalue weighted by molar-refractivity contribution is -0.141. The van der Waals surface area contributed by atoms with Gasteiger partial charge in [-0.1, -0.05) is 18.2 Å². The van der Waals surface area contributed by atoms with Crippen molar-refractivity contribution in [2.75, 3.05) is 38.3 Å². The van der Waals surface area contributed by atoms with Crippen LogP contribution in [0.1, 0.15) is 25.7 Å². The zero-order valence-electron chi connectivity index (χ0n) is 13.9. The van der Waals surface area contributed by atoms with E-state index in [1.807, 2.05) is 18.0 Å². The summed E-state index contributed by atoms with van der Waals surface area (Å²) in [5, 5.41) is 0. The Bertz CT molecular complexity index is 528. The summed E-state index contributed by atoms with van der Waals surface area (Å²) in [7, 11) is 1.91. The number of piperidine rings is 1. The van der Waals surface area contributed by atoms with Gasteiger partial charge in [-0.25, -0.2) is 0 Å². The van der Waals surface area contributed by atoms with Gasteiger partial charge in [0.2, 0.25) is 5.91 Å². The molecule has 1 amide bonds. The molecule has 2 aliphatic rings. The molecule has 23 heavy (non-hydrogen) atoms. The van der Waals surface area contributed by atoms with Crippen molar-refractivity contribution >= 4 is 11.6 Å². The fraction of sp³-hybridized carbons (Fsp3) is 0.611. The summed E-state index contributed by atoms with van der Waals surface area (Å²) >= 11 is 0. The smallest absolute Gasteiger partial charge is 0.242 e. The second kappa shape index (κ2) is 6.89. The van der Waals surface area contributed by atoms with E-state index in [0.717, 1.165) is 25.9 Å². The third-order valence-corrected chi connectivity index (χ3v) is 5.20. The van der Waals surface area contributed by atoms with E-state index in [1.54, 1.807) is 0 Å². The summed E-state index contributed by atoms with van der Waals surface area (Å²) in [5.41, 5.74) is 6.85. The largest absolute Gasteiger partial charge is 0.381 e. The summed E-state index contributed by atoms with van der Waals surface area (Å²) < 4.78 is 5.36. The van der Waals surface area contributed by atoms with E-state index < -0.39 is 5.54 Å². The van der Waals surface area contributed by atoms with Gasteiger partial charge in [-0.15, -0.1) is 0 Å². The molecule has 0 aliphatic carbocycles. The van der Waals surface area contributed by atoms with Crippen molar-refractivity contribution in [2.24, 2.45) is 5.73 Å². The Morgan fingerprint density at radius 2 is 2.00 bits per heavy atom. The molecule has 0 saturated carbocycles. The number of nitrogens with two attached hydrogens (primary N) is 1. The van der Waals surface area contributed by atoms with Crippen LogP contribution >= 0.6 is 0 Å². The number of rotatable bonds is 3. The predicted octanol–water partition coefficient (Wildman–Crippen LogP) is 1.62. The molecular formula is C18H27N3O2. The van der Waals surface area contributed by atoms with Gasteiger partial charge in [0.05, 0.1) is 5.54 Å². The molecule has 1 aromatic rings. The highest BCUT2D eigenvalue weighted by molar-refractivity contribution is 5.86. The van der Waals surface area contributed by atoms with Gasteiger partial charge in [-0.3, -0.25) is 4.79 Å². The number of carbonyl (C=O) groups is 1. The van der Waals surface area contributed by atoms with Crippen LogP contribution in [-0.2, 0) is 9.53 Å². The van der Waals surface area contributed by atoms with E-state index in [-0.39, 0.29) is 11.9 Å². The molecule has 1 aromatic carbocycles. The van der Waals surface area contributed by atoms with E-state index in [4.69, 9.17) is 10.5 Å². The number of likely N-dealkylation sites (N-methyl/N-ethyl adjacent to an activating group) is 1. The molecule has 2 aliphatic heterocycles. The van der Waals surface area contributed by atoms with Crippen molar-refractivity contribution in [2.45, 2.75) is 37.3 Å². The third-order valence-electron chi connectivity index (χ3n) is 5.20. The molecule has 1 unspecified atom stereocenters. The highest BCUT2D eigenvalue weighted by Crippen LogP contribution is 2.25. The average Bonchev–Trinajstić information content (AvgIpc) is 2.62. The topological polar surface area (TPSA) is 58.8 Å². The monoisotopic (exact) mass is 317 g/mol. The minimum atomic E-state index is -0.748. The highest BCUT2D eigenvalue weighted by Gasteiger charge is 2.40. The van der Waals surface area contributed by atoms with E-state index in [2.05, 4.69) is 29.2 Å². The van der Waals surface area contributed by atoms with Crippen molar-refractivity contribution in [3.8, 4) is 0 Å². The first-order valence-corrected chi connectivity index (χ1v) is 8.54. The lowest BCUT2D eigenvalue weighted by atomic mass is 9.88. The first-order valence-electron chi connectivity index (χ1n) is 8.54. The van der Waals surface area contributed by atoms with Crippen LogP contribution in [0, 0.1) is 0 Å². The Labute approximate surface area is 138 Å². The normalized spacial score (nSPS) is 24.3. The Balaban J connectivity index is 1.67. The number of anilines is 1. The lowest BCUT2D eigenvalue weighted by Gasteiger charge is -2.42. The average molecular weight is 317 g/mol. The van der Waals surface area contributed by atoms with Crippen molar-refractivity contribution < 1.29 is 9.53 Å². The van der Waals surface area contributed by atoms with Crippen LogP contribution in [0.5, 0.6) is 0 Å². The number of nitrogens with zero attached hydrogens (tertiary/aromatic N) is 2. The lowest BCUT2D eigenvalue weighted by Crippen LogP contribution is -2.61. The molecule has 5 nitrogen and oxygen atoms in total. The minimum absolute atomic E-state index is 0.0701. The molecule has 0 radical (unpaired) electrons. The predicted molar refractivity (Wildman–Crippen MR) is 91.4 cm³/mol. The number of benzene rings is 1. The van der Waals surface area contributed by atoms with Crippen molar-refractivity contribution in [3.05, 3.63) is 30.3 Å². The summed E-state index contributed by atoms with van der Waals surface area (Å²) in [6.45, 7) is 3.08. The fourth-order valence-electron chi connectivity index (χ4n) is 3.61. The molecule has 0 aromatic heterocycles. The van der Waals surface area contributed by atoms with Gasteiger partial charge >= 0.3 is 0 Å². The van der Waals surface area contributed by atoms with E-state index in [0.29, 0.717) is 26.1 Å². The zero-order valence-corrected chi connectivity index (χ0v) is 13.9. The maximum Gasteiger partial charge on any atom is 0.242 e. The minimum Gasteiger partial charge on any atom is -0.381 e. The summed E-state index contributed by atoms with van der Waals surface area (Å²) in [6, 6.07) is 10.6. The van der Waals surface area contributed by atoms with Crippen LogP contribution in [-0.4, -0.2) is 55.7 Å². The van der Waals surface area contributed by atoms with Gasteiger partial charge in [-0.05, 0) is 37.8 Å². The quantitative estimate of drug-likeness (QED) is 0.920. The van der Waals surface area contributed by atoms with Crippen molar-refractivity contribution in [1.29, 1.82) is 0 Å². The molecule has 2 saturated heterocycles. The number of carbonyl (C=O) groups excluding carboxylic acids is 1. The Hall–Kier alpha value is -1.59. The maximum absolute atomic E-state index is 12.9. The molecule has 2 fully saturated rings. The number of para-hydroxylation sites is 1. The van der Waals surface area contributed by atoms with Gasteiger partial charge < -0.3 is 20.3 Å². The molecule has 126 valence electrons. The third kappa shape index (κ3) is 3.51. The van der Waals surface area contributed by atoms with E-state index >= 15 is 0 Å². The van der Waals surface area contributed by atoms with Crippen molar-refractivity contribution in [3.63, 3.8) is 0 Å². The number of hydrogen-bond acceptors (Lipinski definition) is 4. The summed E-state index contributed by atoms with van der Waals surface area (Å²) in [6.07, 6.45) is 3.37. The van der Waals surface area contributed by atoms with Gasteiger partial charge in [0.1, 0.15) is 0 Å². The van der Waals surface area contributed by atoms with Gasteiger partial charge in [-0.2, -0.15) is 0 Å². The molecular weight excluding hydrogens is 290 g/mol. The van der Waals surface area contributed by atoms with E-state index in [9.17, 15) is 4.79 Å². The van der Waals surface area contributed by atoms with Crippen LogP contribution in [0.3, 0.4) is 0 Å². The fourth-order valence-corrected chi connectivity index (χ4v) is 3.61. The Morgan fingerprint density at radius 3 is 2.70 bits per heavy atom. The summed E-state index contributed by atoms with van der Waals surface area (Å²) in [4.78, 5) is 17.1. The van der Waals surface area contributed by atoms with Crippen LogP contribution in [0.25, 0.3) is 0 Å². The van der Waals surface area contributed by atoms with Crippen LogP contribution < -0.4 is 10.6 Å². The van der Waals surface area contributed by atoms with Gasteiger partial charge in [0.25, 0.3) is 0 Å². The second-order valence-electron chi connectivity index (χ2n) is 6.76. The van der Waals surface area contributed by atoms with E-state index in [1.165, 1.54) is 5.69 Å². The number of amides is 1. The molecule has 1 atom stereocenters. The first-order chi connectivity index (χ1) is 11.1. The van der Waals surface area contributed by atoms with Crippen LogP contribution in [0.4, 0.5) is 5.69 Å². The maximum atomic E-state index is 12.9.